The molecule has 0 saturated heterocycles. The normalized spacial score (nSPS) is 26.0. The van der Waals surface area contributed by atoms with Gasteiger partial charge in [-0.25, -0.2) is 4.98 Å². The Morgan fingerprint density at radius 2 is 1.92 bits per heavy atom. The molecule has 1 aromatic rings. The topological polar surface area (TPSA) is 49.2 Å². The molecular weight excluding hydrogens is 314 g/mol. The summed E-state index contributed by atoms with van der Waals surface area (Å²) in [5.74, 6) is 0.315. The van der Waals surface area contributed by atoms with Crippen LogP contribution in [0.15, 0.2) is 12.7 Å². The van der Waals surface area contributed by atoms with E-state index in [4.69, 9.17) is 9.47 Å². The third-order valence-corrected chi connectivity index (χ3v) is 5.66. The van der Waals surface area contributed by atoms with E-state index in [1.165, 1.54) is 32.1 Å². The Balaban J connectivity index is 1.87. The van der Waals surface area contributed by atoms with Gasteiger partial charge in [-0.15, -0.1) is 0 Å². The van der Waals surface area contributed by atoms with E-state index in [0.29, 0.717) is 5.92 Å². The van der Waals surface area contributed by atoms with Gasteiger partial charge >= 0.3 is 0 Å². The summed E-state index contributed by atoms with van der Waals surface area (Å²) < 4.78 is 14.2. The highest BCUT2D eigenvalue weighted by molar-refractivity contribution is 4.94. The van der Waals surface area contributed by atoms with E-state index in [1.54, 1.807) is 12.7 Å². The first-order valence-electron chi connectivity index (χ1n) is 10.0. The molecule has 5 heteroatoms. The molecule has 3 atom stereocenters. The minimum atomic E-state index is 0.167. The Morgan fingerprint density at radius 3 is 2.60 bits per heavy atom. The number of hydrogen-bond acceptors (Lipinski definition) is 4. The van der Waals surface area contributed by atoms with Gasteiger partial charge in [-0.2, -0.15) is 5.10 Å². The fourth-order valence-electron chi connectivity index (χ4n) is 4.22. The monoisotopic (exact) mass is 351 g/mol. The fraction of sp³-hybridized carbons (Fsp3) is 0.900. The quantitative estimate of drug-likeness (QED) is 0.552. The van der Waals surface area contributed by atoms with Crippen LogP contribution in [0, 0.1) is 11.3 Å². The van der Waals surface area contributed by atoms with Crippen molar-refractivity contribution < 1.29 is 9.47 Å². The molecule has 0 aliphatic heterocycles. The third-order valence-electron chi connectivity index (χ3n) is 5.66. The molecule has 1 saturated carbocycles. The second-order valence-corrected chi connectivity index (χ2v) is 8.14. The Labute approximate surface area is 153 Å². The van der Waals surface area contributed by atoms with Crippen LogP contribution in [0.5, 0.6) is 0 Å². The van der Waals surface area contributed by atoms with Crippen molar-refractivity contribution in [3.8, 4) is 0 Å². The van der Waals surface area contributed by atoms with Gasteiger partial charge in [0.05, 0.1) is 18.8 Å². The van der Waals surface area contributed by atoms with Gasteiger partial charge < -0.3 is 9.47 Å². The zero-order chi connectivity index (χ0) is 18.1. The van der Waals surface area contributed by atoms with Crippen molar-refractivity contribution >= 4 is 0 Å². The standard InChI is InChI=1S/C20H37N3O2/c1-5-6-7-8-9-10-13-25-18-11-12-20(2,3)19(24-4)17(18)14-23-16-21-15-22-23/h15-19H,5-14H2,1-4H3/t17-,18-,19-/m1/s1. The van der Waals surface area contributed by atoms with Crippen LogP contribution in [-0.2, 0) is 16.0 Å². The average Bonchev–Trinajstić information content (AvgIpc) is 3.09. The van der Waals surface area contributed by atoms with Crippen LogP contribution in [0.2, 0.25) is 0 Å². The Hall–Kier alpha value is -0.940. The lowest BCUT2D eigenvalue weighted by Gasteiger charge is -2.46. The third kappa shape index (κ3) is 6.07. The maximum atomic E-state index is 6.33. The number of rotatable bonds is 11. The van der Waals surface area contributed by atoms with E-state index in [1.807, 2.05) is 11.8 Å². The van der Waals surface area contributed by atoms with Crippen LogP contribution in [0.3, 0.4) is 0 Å². The van der Waals surface area contributed by atoms with E-state index in [0.717, 1.165) is 32.4 Å². The van der Waals surface area contributed by atoms with Gasteiger partial charge in [0.15, 0.2) is 0 Å². The van der Waals surface area contributed by atoms with Crippen molar-refractivity contribution in [3.05, 3.63) is 12.7 Å². The zero-order valence-corrected chi connectivity index (χ0v) is 16.6. The minimum Gasteiger partial charge on any atom is -0.380 e. The predicted molar refractivity (Wildman–Crippen MR) is 100 cm³/mol. The summed E-state index contributed by atoms with van der Waals surface area (Å²) in [7, 11) is 1.83. The van der Waals surface area contributed by atoms with Gasteiger partial charge in [0.1, 0.15) is 12.7 Å². The van der Waals surface area contributed by atoms with E-state index in [-0.39, 0.29) is 17.6 Å². The van der Waals surface area contributed by atoms with Gasteiger partial charge in [0.25, 0.3) is 0 Å². The molecule has 144 valence electrons. The molecule has 0 spiro atoms. The second-order valence-electron chi connectivity index (χ2n) is 8.14. The Kier molecular flexibility index (Phi) is 8.37. The second kappa shape index (κ2) is 10.3. The van der Waals surface area contributed by atoms with Crippen LogP contribution in [0.1, 0.15) is 72.1 Å². The Bertz CT molecular complexity index is 462. The van der Waals surface area contributed by atoms with Gasteiger partial charge in [-0.3, -0.25) is 4.68 Å². The first-order chi connectivity index (χ1) is 12.1. The van der Waals surface area contributed by atoms with Crippen LogP contribution in [-0.4, -0.2) is 40.7 Å². The van der Waals surface area contributed by atoms with E-state index in [2.05, 4.69) is 30.9 Å². The molecule has 2 rings (SSSR count). The van der Waals surface area contributed by atoms with Crippen molar-refractivity contribution in [2.24, 2.45) is 11.3 Å². The van der Waals surface area contributed by atoms with Crippen molar-refractivity contribution in [1.82, 2.24) is 14.8 Å². The molecule has 0 radical (unpaired) electrons. The molecule has 5 nitrogen and oxygen atoms in total. The van der Waals surface area contributed by atoms with Gasteiger partial charge in [0.2, 0.25) is 0 Å². The summed E-state index contributed by atoms with van der Waals surface area (Å²) in [4.78, 5) is 4.08. The molecule has 1 fully saturated rings. The smallest absolute Gasteiger partial charge is 0.137 e. The SMILES string of the molecule is CCCCCCCCO[C@@H]1CCC(C)(C)[C@H](OC)[C@@H]1Cn1cncn1. The van der Waals surface area contributed by atoms with Gasteiger partial charge in [0, 0.05) is 19.6 Å². The maximum Gasteiger partial charge on any atom is 0.137 e. The summed E-state index contributed by atoms with van der Waals surface area (Å²) in [6.07, 6.45) is 13.8. The van der Waals surface area contributed by atoms with Crippen molar-refractivity contribution in [3.63, 3.8) is 0 Å². The lowest BCUT2D eigenvalue weighted by Crippen LogP contribution is -2.50. The van der Waals surface area contributed by atoms with Crippen LogP contribution >= 0.6 is 0 Å². The summed E-state index contributed by atoms with van der Waals surface area (Å²) in [6, 6.07) is 0. The molecule has 25 heavy (non-hydrogen) atoms. The summed E-state index contributed by atoms with van der Waals surface area (Å²) in [6.45, 7) is 8.54. The molecular formula is C20H37N3O2. The van der Waals surface area contributed by atoms with Crippen molar-refractivity contribution in [2.75, 3.05) is 13.7 Å². The lowest BCUT2D eigenvalue weighted by atomic mass is 9.68. The van der Waals surface area contributed by atoms with Gasteiger partial charge in [-0.1, -0.05) is 52.9 Å². The molecule has 0 amide bonds. The molecule has 1 heterocycles. The first kappa shape index (κ1) is 20.4. The van der Waals surface area contributed by atoms with Gasteiger partial charge in [-0.05, 0) is 24.7 Å². The zero-order valence-electron chi connectivity index (χ0n) is 16.6. The van der Waals surface area contributed by atoms with E-state index >= 15 is 0 Å². The summed E-state index contributed by atoms with van der Waals surface area (Å²) in [5.41, 5.74) is 0.167. The maximum absolute atomic E-state index is 6.33. The Morgan fingerprint density at radius 1 is 1.16 bits per heavy atom. The number of hydrogen-bond donors (Lipinski definition) is 0. The highest BCUT2D eigenvalue weighted by atomic mass is 16.5. The number of unbranched alkanes of at least 4 members (excludes halogenated alkanes) is 5. The molecule has 0 aromatic carbocycles. The number of ether oxygens (including phenoxy) is 2. The highest BCUT2D eigenvalue weighted by Crippen LogP contribution is 2.42. The lowest BCUT2D eigenvalue weighted by molar-refractivity contribution is -0.136. The summed E-state index contributed by atoms with van der Waals surface area (Å²) in [5, 5.41) is 4.29. The van der Waals surface area contributed by atoms with Crippen LogP contribution in [0.25, 0.3) is 0 Å². The summed E-state index contributed by atoms with van der Waals surface area (Å²) >= 11 is 0. The molecule has 0 bridgehead atoms. The van der Waals surface area contributed by atoms with Crippen LogP contribution in [0.4, 0.5) is 0 Å². The molecule has 1 aliphatic carbocycles. The van der Waals surface area contributed by atoms with E-state index < -0.39 is 0 Å². The molecule has 0 unspecified atom stereocenters. The number of aromatic nitrogens is 3. The molecule has 1 aliphatic rings. The largest absolute Gasteiger partial charge is 0.380 e. The molecule has 0 N–H and O–H groups in total. The van der Waals surface area contributed by atoms with E-state index in [9.17, 15) is 0 Å². The predicted octanol–water partition coefficient (Wildman–Crippen LogP) is 4.48. The average molecular weight is 352 g/mol. The van der Waals surface area contributed by atoms with Crippen molar-refractivity contribution in [2.45, 2.75) is 90.9 Å². The minimum absolute atomic E-state index is 0.167. The highest BCUT2D eigenvalue weighted by Gasteiger charge is 2.45. The number of methoxy groups -OCH3 is 1. The van der Waals surface area contributed by atoms with Crippen molar-refractivity contribution in [1.29, 1.82) is 0 Å². The van der Waals surface area contributed by atoms with Crippen LogP contribution < -0.4 is 0 Å². The fourth-order valence-corrected chi connectivity index (χ4v) is 4.22. The number of nitrogens with zero attached hydrogens (tertiary/aromatic N) is 3. The molecule has 1 aromatic heterocycles. The first-order valence-corrected chi connectivity index (χ1v) is 10.0.